The van der Waals surface area contributed by atoms with Gasteiger partial charge in [0.15, 0.2) is 0 Å². The van der Waals surface area contributed by atoms with Crippen LogP contribution in [0.4, 0.5) is 0 Å². The predicted octanol–water partition coefficient (Wildman–Crippen LogP) is -1.27. The predicted molar refractivity (Wildman–Crippen MR) is 45.5 cm³/mol. The van der Waals surface area contributed by atoms with Crippen LogP contribution in [-0.2, 0) is 9.59 Å². The average Bonchev–Trinajstić information content (AvgIpc) is 2.51. The molecule has 0 spiro atoms. The molecule has 1 heterocycles. The molecule has 0 saturated carbocycles. The van der Waals surface area contributed by atoms with E-state index in [2.05, 4.69) is 9.98 Å². The van der Waals surface area contributed by atoms with Gasteiger partial charge < -0.3 is 0 Å². The van der Waals surface area contributed by atoms with Crippen molar-refractivity contribution >= 4 is 24.2 Å². The first kappa shape index (κ1) is 9.96. The van der Waals surface area contributed by atoms with Crippen molar-refractivity contribution in [3.63, 3.8) is 0 Å². The third-order valence-corrected chi connectivity index (χ3v) is 1.42. The minimum absolute atomic E-state index is 0.700. The summed E-state index contributed by atoms with van der Waals surface area (Å²) in [5.41, 5.74) is 0. The Morgan fingerprint density at radius 1 is 1.43 bits per heavy atom. The van der Waals surface area contributed by atoms with Gasteiger partial charge in [0.2, 0.25) is 5.91 Å². The number of carbonyl (C=O) groups excluding carboxylic acids is 2. The highest BCUT2D eigenvalue weighted by Crippen LogP contribution is 2.16. The van der Waals surface area contributed by atoms with Gasteiger partial charge in [-0.25, -0.2) is 0 Å². The van der Waals surface area contributed by atoms with Crippen LogP contribution in [0.15, 0.2) is 9.98 Å². The molecular weight excluding hydrogens is 192 g/mol. The smallest absolute Gasteiger partial charge is 0.286 e. The monoisotopic (exact) mass is 198 g/mol. The minimum atomic E-state index is -2.42. The molecule has 0 radical (unpaired) electrons. The van der Waals surface area contributed by atoms with Gasteiger partial charge in [0.05, 0.1) is 4.92 Å². The first-order chi connectivity index (χ1) is 6.49. The summed E-state index contributed by atoms with van der Waals surface area (Å²) >= 11 is 0. The molecule has 1 aliphatic rings. The van der Waals surface area contributed by atoms with E-state index in [-0.39, 0.29) is 0 Å². The van der Waals surface area contributed by atoms with Gasteiger partial charge in [-0.05, 0) is 0 Å². The number of nitrogens with zero attached hydrogens (tertiary/aromatic N) is 3. The fourth-order valence-electron chi connectivity index (χ4n) is 0.846. The van der Waals surface area contributed by atoms with E-state index in [1.54, 1.807) is 5.32 Å². The Morgan fingerprint density at radius 3 is 2.29 bits per heavy atom. The first-order valence-electron chi connectivity index (χ1n) is 3.54. The highest BCUT2D eigenvalue weighted by Gasteiger charge is 2.52. The Kier molecular flexibility index (Phi) is 2.36. The molecule has 8 nitrogen and oxygen atoms in total. The van der Waals surface area contributed by atoms with Crippen LogP contribution < -0.4 is 5.32 Å². The highest BCUT2D eigenvalue weighted by atomic mass is 16.6. The van der Waals surface area contributed by atoms with E-state index >= 15 is 0 Å². The zero-order chi connectivity index (χ0) is 10.8. The lowest BCUT2D eigenvalue weighted by Crippen LogP contribution is -2.50. The van der Waals surface area contributed by atoms with Crippen molar-refractivity contribution in [3.8, 4) is 0 Å². The molecule has 2 amide bonds. The van der Waals surface area contributed by atoms with Gasteiger partial charge in [-0.1, -0.05) is 0 Å². The second-order valence-electron chi connectivity index (χ2n) is 2.46. The molecule has 0 saturated heterocycles. The van der Waals surface area contributed by atoms with E-state index in [9.17, 15) is 19.7 Å². The van der Waals surface area contributed by atoms with E-state index in [0.717, 1.165) is 19.4 Å². The summed E-state index contributed by atoms with van der Waals surface area (Å²) < 4.78 is 0. The van der Waals surface area contributed by atoms with Gasteiger partial charge in [-0.2, -0.15) is 9.98 Å². The molecule has 0 aromatic carbocycles. The summed E-state index contributed by atoms with van der Waals surface area (Å²) in [5, 5.41) is 12.3. The van der Waals surface area contributed by atoms with Crippen molar-refractivity contribution < 1.29 is 14.5 Å². The van der Waals surface area contributed by atoms with Crippen LogP contribution in [0, 0.1) is 10.1 Å². The number of amides is 2. The molecule has 1 aliphatic heterocycles. The molecule has 0 bridgehead atoms. The van der Waals surface area contributed by atoms with Gasteiger partial charge in [0.25, 0.3) is 0 Å². The van der Waals surface area contributed by atoms with E-state index in [1.807, 2.05) is 0 Å². The number of nitro groups is 1. The van der Waals surface area contributed by atoms with Crippen molar-refractivity contribution in [1.29, 1.82) is 0 Å². The van der Waals surface area contributed by atoms with Crippen LogP contribution >= 0.6 is 0 Å². The Bertz CT molecular complexity index is 347. The molecule has 1 N–H and O–H groups in total. The molecule has 0 aromatic rings. The summed E-state index contributed by atoms with van der Waals surface area (Å²) in [6.07, 6.45) is 2.06. The molecule has 0 atom stereocenters. The molecule has 14 heavy (non-hydrogen) atoms. The molecular formula is C6H6N4O4. The molecule has 8 heteroatoms. The molecule has 1 rings (SSSR count). The van der Waals surface area contributed by atoms with E-state index < -0.39 is 22.5 Å². The van der Waals surface area contributed by atoms with Gasteiger partial charge in [-0.3, -0.25) is 25.0 Å². The minimum Gasteiger partial charge on any atom is -0.286 e. The van der Waals surface area contributed by atoms with Crippen molar-refractivity contribution in [2.24, 2.45) is 9.98 Å². The average molecular weight is 198 g/mol. The second-order valence-corrected chi connectivity index (χ2v) is 2.46. The maximum absolute atomic E-state index is 11.2. The van der Waals surface area contributed by atoms with Crippen molar-refractivity contribution in [2.75, 3.05) is 0 Å². The third-order valence-electron chi connectivity index (χ3n) is 1.42. The summed E-state index contributed by atoms with van der Waals surface area (Å²) in [6, 6.07) is 0. The number of aliphatic imine (C=N–C) groups is 2. The Morgan fingerprint density at radius 2 is 1.93 bits per heavy atom. The zero-order valence-corrected chi connectivity index (χ0v) is 7.13. The lowest BCUT2D eigenvalue weighted by molar-refractivity contribution is -0.547. The normalized spacial score (nSPS) is 16.6. The van der Waals surface area contributed by atoms with Crippen LogP contribution in [0.25, 0.3) is 0 Å². The molecule has 0 fully saturated rings. The fourth-order valence-corrected chi connectivity index (χ4v) is 0.846. The van der Waals surface area contributed by atoms with Crippen LogP contribution in [-0.4, -0.2) is 35.0 Å². The maximum Gasteiger partial charge on any atom is 0.492 e. The van der Waals surface area contributed by atoms with Crippen molar-refractivity contribution in [1.82, 2.24) is 5.32 Å². The maximum atomic E-state index is 11.2. The summed E-state index contributed by atoms with van der Waals surface area (Å²) in [6.45, 7) is 1.06. The van der Waals surface area contributed by atoms with Crippen LogP contribution in [0.2, 0.25) is 0 Å². The summed E-state index contributed by atoms with van der Waals surface area (Å²) in [7, 11) is 0. The first-order valence-corrected chi connectivity index (χ1v) is 3.54. The Balaban J connectivity index is 2.96. The summed E-state index contributed by atoms with van der Waals surface area (Å²) in [5.74, 6) is -4.29. The molecule has 0 unspecified atom stereocenters. The van der Waals surface area contributed by atoms with E-state index in [4.69, 9.17) is 0 Å². The van der Waals surface area contributed by atoms with Crippen molar-refractivity contribution in [2.45, 2.75) is 12.7 Å². The standard InChI is InChI=1S/C6H6N4O4/c1-4(11)9-5(12)6(10(13)14)7-2-3-8-6/h2-3H,1H3,(H,9,11,12). The van der Waals surface area contributed by atoms with Crippen LogP contribution in [0.5, 0.6) is 0 Å². The number of hydrogen-bond acceptors (Lipinski definition) is 6. The second kappa shape index (κ2) is 3.32. The number of carbonyl (C=O) groups is 2. The number of nitrogens with one attached hydrogen (secondary N) is 1. The Labute approximate surface area is 77.9 Å². The summed E-state index contributed by atoms with van der Waals surface area (Å²) in [4.78, 5) is 37.9. The van der Waals surface area contributed by atoms with Crippen LogP contribution in [0.1, 0.15) is 6.92 Å². The highest BCUT2D eigenvalue weighted by molar-refractivity contribution is 6.19. The lowest BCUT2D eigenvalue weighted by atomic mass is 10.3. The Hall–Kier alpha value is -2.12. The van der Waals surface area contributed by atoms with Gasteiger partial charge >= 0.3 is 11.7 Å². The van der Waals surface area contributed by atoms with E-state index in [1.165, 1.54) is 0 Å². The number of hydrogen-bond donors (Lipinski definition) is 1. The topological polar surface area (TPSA) is 114 Å². The van der Waals surface area contributed by atoms with Gasteiger partial charge in [-0.15, -0.1) is 0 Å². The van der Waals surface area contributed by atoms with Gasteiger partial charge in [0.1, 0.15) is 0 Å². The SMILES string of the molecule is CC(=O)NC(=O)C1([N+](=O)[O-])N=CC=N1. The molecule has 0 aliphatic carbocycles. The number of rotatable bonds is 2. The third kappa shape index (κ3) is 1.49. The quantitative estimate of drug-likeness (QED) is 0.440. The molecule has 74 valence electrons. The number of imide groups is 1. The lowest BCUT2D eigenvalue weighted by Gasteiger charge is -2.11. The van der Waals surface area contributed by atoms with Crippen molar-refractivity contribution in [3.05, 3.63) is 10.1 Å². The fraction of sp³-hybridized carbons (Fsp3) is 0.333. The zero-order valence-electron chi connectivity index (χ0n) is 7.13. The largest absolute Gasteiger partial charge is 0.492 e. The van der Waals surface area contributed by atoms with Crippen LogP contribution in [0.3, 0.4) is 0 Å². The van der Waals surface area contributed by atoms with Gasteiger partial charge in [0, 0.05) is 19.4 Å². The molecule has 0 aromatic heterocycles. The van der Waals surface area contributed by atoms with E-state index in [0.29, 0.717) is 0 Å².